The lowest BCUT2D eigenvalue weighted by molar-refractivity contribution is -0.115. The molecule has 0 aromatic heterocycles. The van der Waals surface area contributed by atoms with E-state index >= 15 is 0 Å². The number of rotatable bonds is 6. The Morgan fingerprint density at radius 3 is 2.50 bits per heavy atom. The van der Waals surface area contributed by atoms with Gasteiger partial charge in [0.1, 0.15) is 0 Å². The molecule has 1 N–H and O–H groups in total. The lowest BCUT2D eigenvalue weighted by Crippen LogP contribution is -2.22. The maximum atomic E-state index is 12.0. The topological polar surface area (TPSA) is 49.4 Å². The molecule has 0 atom stereocenters. The van der Waals surface area contributed by atoms with Gasteiger partial charge in [0, 0.05) is 47.4 Å². The minimum Gasteiger partial charge on any atom is -0.345 e. The summed E-state index contributed by atoms with van der Waals surface area (Å²) in [5.41, 5.74) is 1.18. The summed E-state index contributed by atoms with van der Waals surface area (Å²) < 4.78 is 0. The van der Waals surface area contributed by atoms with Crippen LogP contribution in [-0.4, -0.2) is 36.6 Å². The van der Waals surface area contributed by atoms with E-state index in [0.717, 1.165) is 4.90 Å². The number of benzene rings is 2. The van der Waals surface area contributed by atoms with Crippen molar-refractivity contribution < 1.29 is 9.59 Å². The standard InChI is InChI=1S/C18H19ClN2O2S/c1-21(2)18(23)13-4-3-5-15(12-13)20-17(22)10-11-24-16-8-6-14(19)7-9-16/h3-9,12H,10-11H2,1-2H3,(H,20,22). The molecule has 0 radical (unpaired) electrons. The predicted molar refractivity (Wildman–Crippen MR) is 99.9 cm³/mol. The van der Waals surface area contributed by atoms with Crippen LogP contribution in [0.25, 0.3) is 0 Å². The van der Waals surface area contributed by atoms with Gasteiger partial charge in [-0.15, -0.1) is 11.8 Å². The third-order valence-corrected chi connectivity index (χ3v) is 4.48. The first-order chi connectivity index (χ1) is 11.5. The number of nitrogens with zero attached hydrogens (tertiary/aromatic N) is 1. The molecule has 2 aromatic carbocycles. The highest BCUT2D eigenvalue weighted by atomic mass is 35.5. The Balaban J connectivity index is 1.85. The molecule has 0 spiro atoms. The van der Waals surface area contributed by atoms with Crippen molar-refractivity contribution in [3.63, 3.8) is 0 Å². The second kappa shape index (κ2) is 8.76. The van der Waals surface area contributed by atoms with Gasteiger partial charge in [0.15, 0.2) is 0 Å². The fourth-order valence-electron chi connectivity index (χ4n) is 2.00. The van der Waals surface area contributed by atoms with Crippen LogP contribution in [0.1, 0.15) is 16.8 Å². The summed E-state index contributed by atoms with van der Waals surface area (Å²) >= 11 is 7.44. The molecule has 0 aliphatic heterocycles. The Morgan fingerprint density at radius 2 is 1.83 bits per heavy atom. The van der Waals surface area contributed by atoms with Crippen LogP contribution in [0.3, 0.4) is 0 Å². The van der Waals surface area contributed by atoms with Crippen LogP contribution in [0.2, 0.25) is 5.02 Å². The normalized spacial score (nSPS) is 10.3. The van der Waals surface area contributed by atoms with Crippen molar-refractivity contribution in [1.82, 2.24) is 4.90 Å². The Bertz CT molecular complexity index is 717. The number of amides is 2. The van der Waals surface area contributed by atoms with E-state index in [1.807, 2.05) is 24.3 Å². The van der Waals surface area contributed by atoms with Gasteiger partial charge in [0.25, 0.3) is 5.91 Å². The predicted octanol–water partition coefficient (Wildman–Crippen LogP) is 4.16. The van der Waals surface area contributed by atoms with Crippen molar-refractivity contribution in [1.29, 1.82) is 0 Å². The molecular weight excluding hydrogens is 344 g/mol. The van der Waals surface area contributed by atoms with Gasteiger partial charge in [0.2, 0.25) is 5.91 Å². The number of nitrogens with one attached hydrogen (secondary N) is 1. The van der Waals surface area contributed by atoms with Crippen LogP contribution >= 0.6 is 23.4 Å². The van der Waals surface area contributed by atoms with Gasteiger partial charge < -0.3 is 10.2 Å². The monoisotopic (exact) mass is 362 g/mol. The zero-order valence-corrected chi connectivity index (χ0v) is 15.2. The fourth-order valence-corrected chi connectivity index (χ4v) is 2.98. The van der Waals surface area contributed by atoms with E-state index in [2.05, 4.69) is 5.32 Å². The molecule has 2 rings (SSSR count). The van der Waals surface area contributed by atoms with Crippen LogP contribution in [0, 0.1) is 0 Å². The summed E-state index contributed by atoms with van der Waals surface area (Å²) in [6.07, 6.45) is 0.388. The van der Waals surface area contributed by atoms with E-state index < -0.39 is 0 Å². The molecule has 0 bridgehead atoms. The summed E-state index contributed by atoms with van der Waals surface area (Å²) in [6.45, 7) is 0. The number of hydrogen-bond acceptors (Lipinski definition) is 3. The van der Waals surface area contributed by atoms with Gasteiger partial charge in [-0.2, -0.15) is 0 Å². The quantitative estimate of drug-likeness (QED) is 0.785. The average molecular weight is 363 g/mol. The number of hydrogen-bond donors (Lipinski definition) is 1. The second-order valence-electron chi connectivity index (χ2n) is 5.38. The summed E-state index contributed by atoms with van der Waals surface area (Å²) in [6, 6.07) is 14.5. The molecule has 6 heteroatoms. The van der Waals surface area contributed by atoms with Crippen LogP contribution in [0.4, 0.5) is 5.69 Å². The van der Waals surface area contributed by atoms with Crippen molar-refractivity contribution in [2.45, 2.75) is 11.3 Å². The first-order valence-electron chi connectivity index (χ1n) is 7.45. The molecule has 0 aliphatic rings. The molecule has 0 unspecified atom stereocenters. The Kier molecular flexibility index (Phi) is 6.70. The van der Waals surface area contributed by atoms with Gasteiger partial charge >= 0.3 is 0 Å². The molecule has 4 nitrogen and oxygen atoms in total. The maximum Gasteiger partial charge on any atom is 0.253 e. The number of halogens is 1. The van der Waals surface area contributed by atoms with E-state index in [1.165, 1.54) is 4.90 Å². The fraction of sp³-hybridized carbons (Fsp3) is 0.222. The van der Waals surface area contributed by atoms with Gasteiger partial charge in [-0.1, -0.05) is 17.7 Å². The molecule has 0 heterocycles. The Labute approximate surface area is 151 Å². The Morgan fingerprint density at radius 1 is 1.12 bits per heavy atom. The van der Waals surface area contributed by atoms with Gasteiger partial charge in [-0.3, -0.25) is 9.59 Å². The minimum atomic E-state index is -0.0932. The van der Waals surface area contributed by atoms with E-state index in [0.29, 0.717) is 28.4 Å². The number of thioether (sulfide) groups is 1. The molecule has 0 saturated carbocycles. The van der Waals surface area contributed by atoms with E-state index in [1.54, 1.807) is 50.1 Å². The Hall–Kier alpha value is -1.98. The van der Waals surface area contributed by atoms with Gasteiger partial charge in [0.05, 0.1) is 0 Å². The highest BCUT2D eigenvalue weighted by molar-refractivity contribution is 7.99. The molecule has 126 valence electrons. The zero-order valence-electron chi connectivity index (χ0n) is 13.6. The highest BCUT2D eigenvalue weighted by Crippen LogP contribution is 2.21. The molecule has 2 amide bonds. The first kappa shape index (κ1) is 18.4. The van der Waals surface area contributed by atoms with E-state index in [9.17, 15) is 9.59 Å². The zero-order chi connectivity index (χ0) is 17.5. The highest BCUT2D eigenvalue weighted by Gasteiger charge is 2.09. The third kappa shape index (κ3) is 5.58. The van der Waals surface area contributed by atoms with Crippen molar-refractivity contribution in [3.8, 4) is 0 Å². The second-order valence-corrected chi connectivity index (χ2v) is 6.99. The SMILES string of the molecule is CN(C)C(=O)c1cccc(NC(=O)CCSc2ccc(Cl)cc2)c1. The lowest BCUT2D eigenvalue weighted by atomic mass is 10.2. The molecule has 0 aliphatic carbocycles. The van der Waals surface area contributed by atoms with Gasteiger partial charge in [-0.05, 0) is 42.5 Å². The number of anilines is 1. The van der Waals surface area contributed by atoms with Gasteiger partial charge in [-0.25, -0.2) is 0 Å². The smallest absolute Gasteiger partial charge is 0.253 e. The van der Waals surface area contributed by atoms with Crippen molar-refractivity contribution in [3.05, 3.63) is 59.1 Å². The first-order valence-corrected chi connectivity index (χ1v) is 8.82. The summed E-state index contributed by atoms with van der Waals surface area (Å²) in [5.74, 6) is 0.499. The third-order valence-electron chi connectivity index (χ3n) is 3.21. The van der Waals surface area contributed by atoms with E-state index in [-0.39, 0.29) is 11.8 Å². The van der Waals surface area contributed by atoms with Crippen LogP contribution in [-0.2, 0) is 4.79 Å². The van der Waals surface area contributed by atoms with E-state index in [4.69, 9.17) is 11.6 Å². The van der Waals surface area contributed by atoms with Crippen molar-refractivity contribution in [2.24, 2.45) is 0 Å². The molecule has 0 saturated heterocycles. The van der Waals surface area contributed by atoms with Crippen LogP contribution in [0.15, 0.2) is 53.4 Å². The maximum absolute atomic E-state index is 12.0. The average Bonchev–Trinajstić information content (AvgIpc) is 2.56. The van der Waals surface area contributed by atoms with Crippen molar-refractivity contribution in [2.75, 3.05) is 25.2 Å². The number of carbonyl (C=O) groups excluding carboxylic acids is 2. The van der Waals surface area contributed by atoms with Crippen LogP contribution < -0.4 is 5.32 Å². The molecule has 24 heavy (non-hydrogen) atoms. The number of carbonyl (C=O) groups is 2. The lowest BCUT2D eigenvalue weighted by Gasteiger charge is -2.11. The molecular formula is C18H19ClN2O2S. The van der Waals surface area contributed by atoms with Crippen LogP contribution in [0.5, 0.6) is 0 Å². The molecule has 2 aromatic rings. The largest absolute Gasteiger partial charge is 0.345 e. The molecule has 0 fully saturated rings. The summed E-state index contributed by atoms with van der Waals surface area (Å²) in [7, 11) is 3.39. The summed E-state index contributed by atoms with van der Waals surface area (Å²) in [4.78, 5) is 26.5. The minimum absolute atomic E-state index is 0.0779. The summed E-state index contributed by atoms with van der Waals surface area (Å²) in [5, 5.41) is 3.53. The van der Waals surface area contributed by atoms with Crippen molar-refractivity contribution >= 4 is 40.9 Å².